The van der Waals surface area contributed by atoms with Crippen LogP contribution in [-0.4, -0.2) is 34.9 Å². The number of aliphatic hydroxyl groups is 2. The van der Waals surface area contributed by atoms with E-state index in [0.29, 0.717) is 12.8 Å². The van der Waals surface area contributed by atoms with Gasteiger partial charge in [-0.2, -0.15) is 0 Å². The van der Waals surface area contributed by atoms with Crippen molar-refractivity contribution in [2.24, 2.45) is 0 Å². The van der Waals surface area contributed by atoms with E-state index in [9.17, 15) is 15.0 Å². The van der Waals surface area contributed by atoms with Crippen molar-refractivity contribution in [1.82, 2.24) is 5.32 Å². The number of rotatable bonds is 48. The number of aliphatic hydroxyl groups excluding tert-OH is 2. The van der Waals surface area contributed by atoms with Crippen LogP contribution in [0.4, 0.5) is 0 Å². The van der Waals surface area contributed by atoms with Crippen LogP contribution in [0.5, 0.6) is 0 Å². The van der Waals surface area contributed by atoms with E-state index in [-0.39, 0.29) is 12.5 Å². The van der Waals surface area contributed by atoms with Gasteiger partial charge in [-0.05, 0) is 38.5 Å². The first kappa shape index (κ1) is 55.1. The fourth-order valence-electron chi connectivity index (χ4n) is 8.30. The number of allylic oxidation sites excluding steroid dienone is 2. The summed E-state index contributed by atoms with van der Waals surface area (Å²) in [7, 11) is 0. The lowest BCUT2D eigenvalue weighted by molar-refractivity contribution is -0.123. The Morgan fingerprint density at radius 3 is 0.982 bits per heavy atom. The largest absolute Gasteiger partial charge is 0.394 e. The number of hydrogen-bond donors (Lipinski definition) is 3. The van der Waals surface area contributed by atoms with E-state index < -0.39 is 12.1 Å². The molecule has 0 bridgehead atoms. The molecule has 0 aliphatic carbocycles. The Morgan fingerprint density at radius 1 is 0.411 bits per heavy atom. The highest BCUT2D eigenvalue weighted by Crippen LogP contribution is 2.17. The topological polar surface area (TPSA) is 69.6 Å². The average Bonchev–Trinajstić information content (AvgIpc) is 3.20. The lowest BCUT2D eigenvalue weighted by atomic mass is 10.0. The standard InChI is InChI=1S/C52H103NO3/c1-3-5-7-9-11-13-15-17-19-21-22-23-24-25-26-27-28-29-30-32-33-35-37-39-41-43-45-47-51(55)50(49-54)53-52(56)48-46-44-42-40-38-36-34-31-20-18-16-14-12-10-8-6-4-2/h18,20,50-51,54-55H,3-17,19,21-49H2,1-2H3,(H,53,56)/b20-18-. The van der Waals surface area contributed by atoms with Gasteiger partial charge in [-0.25, -0.2) is 0 Å². The van der Waals surface area contributed by atoms with Crippen molar-refractivity contribution >= 4 is 5.91 Å². The summed E-state index contributed by atoms with van der Waals surface area (Å²) in [6.45, 7) is 4.38. The predicted molar refractivity (Wildman–Crippen MR) is 249 cm³/mol. The van der Waals surface area contributed by atoms with Gasteiger partial charge in [-0.1, -0.05) is 264 Å². The van der Waals surface area contributed by atoms with Crippen molar-refractivity contribution in [2.45, 2.75) is 309 Å². The first-order valence-corrected chi connectivity index (χ1v) is 25.9. The molecule has 2 unspecified atom stereocenters. The average molecular weight is 790 g/mol. The molecule has 334 valence electrons. The SMILES string of the molecule is CCCCCCCC/C=C\CCCCCCCCCC(=O)NC(CO)C(O)CCCCCCCCCCCCCCCCCCCCCCCCCCCCC. The van der Waals surface area contributed by atoms with Crippen LogP contribution in [0.1, 0.15) is 296 Å². The fraction of sp³-hybridized carbons (Fsp3) is 0.942. The zero-order valence-corrected chi connectivity index (χ0v) is 38.4. The lowest BCUT2D eigenvalue weighted by Gasteiger charge is -2.22. The normalized spacial score (nSPS) is 12.9. The van der Waals surface area contributed by atoms with Crippen LogP contribution in [0.2, 0.25) is 0 Å². The maximum absolute atomic E-state index is 12.4. The minimum absolute atomic E-state index is 0.0314. The van der Waals surface area contributed by atoms with E-state index >= 15 is 0 Å². The molecule has 0 aromatic heterocycles. The van der Waals surface area contributed by atoms with Crippen LogP contribution in [0.25, 0.3) is 0 Å². The Labute approximate surface area is 352 Å². The molecule has 0 rings (SSSR count). The predicted octanol–water partition coefficient (Wildman–Crippen LogP) is 16.6. The summed E-state index contributed by atoms with van der Waals surface area (Å²) in [4.78, 5) is 12.4. The summed E-state index contributed by atoms with van der Waals surface area (Å²) >= 11 is 0. The minimum Gasteiger partial charge on any atom is -0.394 e. The molecule has 3 N–H and O–H groups in total. The molecule has 0 radical (unpaired) electrons. The van der Waals surface area contributed by atoms with Gasteiger partial charge in [0.2, 0.25) is 5.91 Å². The van der Waals surface area contributed by atoms with Crippen molar-refractivity contribution in [1.29, 1.82) is 0 Å². The van der Waals surface area contributed by atoms with Gasteiger partial charge in [0.1, 0.15) is 0 Å². The van der Waals surface area contributed by atoms with Crippen molar-refractivity contribution in [3.63, 3.8) is 0 Å². The second-order valence-electron chi connectivity index (χ2n) is 17.9. The van der Waals surface area contributed by atoms with Gasteiger partial charge in [0.25, 0.3) is 0 Å². The molecule has 0 saturated carbocycles. The quantitative estimate of drug-likeness (QED) is 0.0425. The molecule has 4 nitrogen and oxygen atoms in total. The molecule has 0 aliphatic rings. The summed E-state index contributed by atoms with van der Waals surface area (Å²) in [6.07, 6.45) is 61.8. The molecule has 0 aromatic carbocycles. The Morgan fingerprint density at radius 2 is 0.679 bits per heavy atom. The molecule has 0 heterocycles. The van der Waals surface area contributed by atoms with Crippen LogP contribution >= 0.6 is 0 Å². The van der Waals surface area contributed by atoms with Gasteiger partial charge >= 0.3 is 0 Å². The molecule has 0 saturated heterocycles. The monoisotopic (exact) mass is 790 g/mol. The summed E-state index contributed by atoms with van der Waals surface area (Å²) in [5.41, 5.74) is 0. The van der Waals surface area contributed by atoms with E-state index in [2.05, 4.69) is 31.3 Å². The van der Waals surface area contributed by atoms with Crippen LogP contribution in [0.3, 0.4) is 0 Å². The highest BCUT2D eigenvalue weighted by atomic mass is 16.3. The molecule has 2 atom stereocenters. The van der Waals surface area contributed by atoms with Gasteiger partial charge in [-0.3, -0.25) is 4.79 Å². The maximum atomic E-state index is 12.4. The number of nitrogens with one attached hydrogen (secondary N) is 1. The van der Waals surface area contributed by atoms with E-state index in [4.69, 9.17) is 0 Å². The van der Waals surface area contributed by atoms with Gasteiger partial charge in [0, 0.05) is 6.42 Å². The summed E-state index contributed by atoms with van der Waals surface area (Å²) in [5.74, 6) is -0.0314. The van der Waals surface area contributed by atoms with Crippen LogP contribution in [0.15, 0.2) is 12.2 Å². The van der Waals surface area contributed by atoms with Gasteiger partial charge in [0.05, 0.1) is 18.8 Å². The molecule has 0 aromatic rings. The van der Waals surface area contributed by atoms with E-state index in [0.717, 1.165) is 25.7 Å². The highest BCUT2D eigenvalue weighted by Gasteiger charge is 2.20. The number of hydrogen-bond acceptors (Lipinski definition) is 3. The number of unbranched alkanes of at least 4 members (excludes halogenated alkanes) is 39. The molecular formula is C52H103NO3. The molecule has 4 heteroatoms. The minimum atomic E-state index is -0.659. The molecule has 0 spiro atoms. The van der Waals surface area contributed by atoms with Gasteiger partial charge < -0.3 is 15.5 Å². The van der Waals surface area contributed by atoms with Crippen LogP contribution in [0, 0.1) is 0 Å². The first-order chi connectivity index (χ1) is 27.7. The van der Waals surface area contributed by atoms with Crippen molar-refractivity contribution in [2.75, 3.05) is 6.61 Å². The third kappa shape index (κ3) is 44.2. The smallest absolute Gasteiger partial charge is 0.220 e. The van der Waals surface area contributed by atoms with E-state index in [1.54, 1.807) is 0 Å². The van der Waals surface area contributed by atoms with Gasteiger partial charge in [-0.15, -0.1) is 0 Å². The van der Waals surface area contributed by atoms with E-state index in [1.165, 1.54) is 244 Å². The highest BCUT2D eigenvalue weighted by molar-refractivity contribution is 5.76. The summed E-state index contributed by atoms with van der Waals surface area (Å²) in [6, 6.07) is -0.536. The molecular weight excluding hydrogens is 687 g/mol. The summed E-state index contributed by atoms with van der Waals surface area (Å²) < 4.78 is 0. The third-order valence-electron chi connectivity index (χ3n) is 12.3. The van der Waals surface area contributed by atoms with E-state index in [1.807, 2.05) is 0 Å². The van der Waals surface area contributed by atoms with Crippen molar-refractivity contribution < 1.29 is 15.0 Å². The molecule has 1 amide bonds. The number of carbonyl (C=O) groups excluding carboxylic acids is 1. The fourth-order valence-corrected chi connectivity index (χ4v) is 8.30. The molecule has 0 aliphatic heterocycles. The number of carbonyl (C=O) groups is 1. The second kappa shape index (κ2) is 48.5. The summed E-state index contributed by atoms with van der Waals surface area (Å²) in [5, 5.41) is 23.3. The lowest BCUT2D eigenvalue weighted by Crippen LogP contribution is -2.45. The molecule has 0 fully saturated rings. The van der Waals surface area contributed by atoms with Crippen molar-refractivity contribution in [3.8, 4) is 0 Å². The Bertz CT molecular complexity index is 769. The zero-order valence-electron chi connectivity index (χ0n) is 38.4. The number of amides is 1. The van der Waals surface area contributed by atoms with Crippen LogP contribution in [-0.2, 0) is 4.79 Å². The Balaban J connectivity index is 3.43. The van der Waals surface area contributed by atoms with Crippen LogP contribution < -0.4 is 5.32 Å². The molecule has 56 heavy (non-hydrogen) atoms. The Hall–Kier alpha value is -0.870. The maximum Gasteiger partial charge on any atom is 0.220 e. The zero-order chi connectivity index (χ0) is 40.7. The third-order valence-corrected chi connectivity index (χ3v) is 12.3. The second-order valence-corrected chi connectivity index (χ2v) is 17.9. The van der Waals surface area contributed by atoms with Crippen molar-refractivity contribution in [3.05, 3.63) is 12.2 Å². The van der Waals surface area contributed by atoms with Gasteiger partial charge in [0.15, 0.2) is 0 Å². The Kier molecular flexibility index (Phi) is 47.7. The first-order valence-electron chi connectivity index (χ1n) is 25.9.